The number of carbonyl (C=O) groups excluding carboxylic acids is 2. The summed E-state index contributed by atoms with van der Waals surface area (Å²) >= 11 is 12.2. The minimum atomic E-state index is -0.660. The van der Waals surface area contributed by atoms with E-state index in [1.165, 1.54) is 12.0 Å². The fraction of sp³-hybridized carbons (Fsp3) is 0.417. The molecule has 2 aromatic carbocycles. The predicted molar refractivity (Wildman–Crippen MR) is 127 cm³/mol. The Morgan fingerprint density at radius 1 is 1.03 bits per heavy atom. The van der Waals surface area contributed by atoms with Gasteiger partial charge in [0.25, 0.3) is 5.91 Å². The third-order valence-corrected chi connectivity index (χ3v) is 5.88. The summed E-state index contributed by atoms with van der Waals surface area (Å²) < 4.78 is 11.0. The zero-order chi connectivity index (χ0) is 23.7. The number of para-hydroxylation sites is 2. The van der Waals surface area contributed by atoms with E-state index in [2.05, 4.69) is 5.32 Å². The maximum atomic E-state index is 13.3. The third-order valence-electron chi connectivity index (χ3n) is 5.14. The van der Waals surface area contributed by atoms with Gasteiger partial charge in [-0.3, -0.25) is 9.59 Å². The fourth-order valence-electron chi connectivity index (χ4n) is 3.16. The van der Waals surface area contributed by atoms with Gasteiger partial charge in [0.2, 0.25) is 5.91 Å². The van der Waals surface area contributed by atoms with Crippen LogP contribution in [0.5, 0.6) is 11.5 Å². The van der Waals surface area contributed by atoms with E-state index in [1.54, 1.807) is 36.4 Å². The van der Waals surface area contributed by atoms with Crippen molar-refractivity contribution in [3.63, 3.8) is 0 Å². The SMILES string of the molecule is CCC(C)NC(=O)C(CC)N(Cc1ccc(Cl)c(Cl)c1)C(=O)COc1ccccc1OC. The van der Waals surface area contributed by atoms with E-state index < -0.39 is 6.04 Å². The minimum absolute atomic E-state index is 0.00306. The van der Waals surface area contributed by atoms with Crippen LogP contribution < -0.4 is 14.8 Å². The van der Waals surface area contributed by atoms with Crippen molar-refractivity contribution in [1.29, 1.82) is 0 Å². The second-order valence-electron chi connectivity index (χ2n) is 7.45. The van der Waals surface area contributed by atoms with Crippen LogP contribution in [0.4, 0.5) is 0 Å². The molecule has 174 valence electrons. The van der Waals surface area contributed by atoms with Crippen molar-refractivity contribution in [2.24, 2.45) is 0 Å². The summed E-state index contributed by atoms with van der Waals surface area (Å²) in [7, 11) is 1.53. The van der Waals surface area contributed by atoms with Gasteiger partial charge in [-0.1, -0.05) is 55.2 Å². The van der Waals surface area contributed by atoms with E-state index in [-0.39, 0.29) is 31.0 Å². The Labute approximate surface area is 199 Å². The second kappa shape index (κ2) is 12.6. The van der Waals surface area contributed by atoms with E-state index in [9.17, 15) is 9.59 Å². The first kappa shape index (κ1) is 25.8. The molecule has 32 heavy (non-hydrogen) atoms. The van der Waals surface area contributed by atoms with Crippen molar-refractivity contribution in [2.75, 3.05) is 13.7 Å². The number of benzene rings is 2. The minimum Gasteiger partial charge on any atom is -0.493 e. The molecular formula is C24H30Cl2N2O4. The molecule has 2 unspecified atom stereocenters. The molecule has 8 heteroatoms. The maximum Gasteiger partial charge on any atom is 0.261 e. The fourth-order valence-corrected chi connectivity index (χ4v) is 3.48. The van der Waals surface area contributed by atoms with Gasteiger partial charge >= 0.3 is 0 Å². The average molecular weight is 481 g/mol. The van der Waals surface area contributed by atoms with E-state index in [1.807, 2.05) is 26.8 Å². The Morgan fingerprint density at radius 2 is 1.72 bits per heavy atom. The first-order valence-electron chi connectivity index (χ1n) is 10.6. The van der Waals surface area contributed by atoms with Gasteiger partial charge in [-0.25, -0.2) is 0 Å². The summed E-state index contributed by atoms with van der Waals surface area (Å²) in [5.41, 5.74) is 0.764. The Morgan fingerprint density at radius 3 is 2.31 bits per heavy atom. The van der Waals surface area contributed by atoms with Gasteiger partial charge in [0.1, 0.15) is 6.04 Å². The maximum absolute atomic E-state index is 13.3. The molecule has 2 amide bonds. The quantitative estimate of drug-likeness (QED) is 0.485. The second-order valence-corrected chi connectivity index (χ2v) is 8.27. The van der Waals surface area contributed by atoms with Gasteiger partial charge in [0.15, 0.2) is 18.1 Å². The normalized spacial score (nSPS) is 12.6. The Hall–Kier alpha value is -2.44. The summed E-state index contributed by atoms with van der Waals surface area (Å²) in [6, 6.07) is 11.6. The largest absolute Gasteiger partial charge is 0.493 e. The van der Waals surface area contributed by atoms with Crippen LogP contribution in [0, 0.1) is 0 Å². The van der Waals surface area contributed by atoms with Gasteiger partial charge < -0.3 is 19.7 Å². The highest BCUT2D eigenvalue weighted by Gasteiger charge is 2.29. The number of methoxy groups -OCH3 is 1. The number of carbonyl (C=O) groups is 2. The van der Waals surface area contributed by atoms with Crippen LogP contribution in [0.3, 0.4) is 0 Å². The number of ether oxygens (including phenoxy) is 2. The Bertz CT molecular complexity index is 923. The van der Waals surface area contributed by atoms with Gasteiger partial charge in [-0.05, 0) is 49.6 Å². The first-order valence-corrected chi connectivity index (χ1v) is 11.4. The van der Waals surface area contributed by atoms with Gasteiger partial charge in [-0.15, -0.1) is 0 Å². The van der Waals surface area contributed by atoms with Gasteiger partial charge in [0.05, 0.1) is 17.2 Å². The van der Waals surface area contributed by atoms with Crippen LogP contribution in [-0.2, 0) is 16.1 Å². The first-order chi connectivity index (χ1) is 15.3. The molecule has 2 rings (SSSR count). The topological polar surface area (TPSA) is 67.9 Å². The molecule has 0 bridgehead atoms. The zero-order valence-corrected chi connectivity index (χ0v) is 20.4. The molecule has 6 nitrogen and oxygen atoms in total. The Kier molecular flexibility index (Phi) is 10.1. The Balaban J connectivity index is 2.27. The monoisotopic (exact) mass is 480 g/mol. The van der Waals surface area contributed by atoms with Crippen LogP contribution >= 0.6 is 23.2 Å². The van der Waals surface area contributed by atoms with Crippen molar-refractivity contribution < 1.29 is 19.1 Å². The van der Waals surface area contributed by atoms with Crippen molar-refractivity contribution in [2.45, 2.75) is 52.2 Å². The summed E-state index contributed by atoms with van der Waals surface area (Å²) in [6.07, 6.45) is 1.24. The number of nitrogens with zero attached hydrogens (tertiary/aromatic N) is 1. The highest BCUT2D eigenvalue weighted by molar-refractivity contribution is 6.42. The van der Waals surface area contributed by atoms with Crippen LogP contribution in [-0.4, -0.2) is 42.5 Å². The smallest absolute Gasteiger partial charge is 0.261 e. The number of hydrogen-bond donors (Lipinski definition) is 1. The molecule has 0 aliphatic heterocycles. The van der Waals surface area contributed by atoms with Gasteiger partial charge in [-0.2, -0.15) is 0 Å². The van der Waals surface area contributed by atoms with E-state index in [0.29, 0.717) is 28.0 Å². The van der Waals surface area contributed by atoms with E-state index in [4.69, 9.17) is 32.7 Å². The van der Waals surface area contributed by atoms with Crippen LogP contribution in [0.25, 0.3) is 0 Å². The standard InChI is InChI=1S/C24H30Cl2N2O4/c1-5-16(3)27-24(30)20(6-2)28(14-17-11-12-18(25)19(26)13-17)23(29)15-32-22-10-8-7-9-21(22)31-4/h7-13,16,20H,5-6,14-15H2,1-4H3,(H,27,30). The number of halogens is 2. The summed E-state index contributed by atoms with van der Waals surface area (Å²) in [5.74, 6) is 0.452. The summed E-state index contributed by atoms with van der Waals surface area (Å²) in [6.45, 7) is 5.75. The highest BCUT2D eigenvalue weighted by atomic mass is 35.5. The average Bonchev–Trinajstić information content (AvgIpc) is 2.79. The van der Waals surface area contributed by atoms with Crippen molar-refractivity contribution in [1.82, 2.24) is 10.2 Å². The number of amides is 2. The summed E-state index contributed by atoms with van der Waals surface area (Å²) in [5, 5.41) is 3.79. The molecule has 0 saturated carbocycles. The zero-order valence-electron chi connectivity index (χ0n) is 18.9. The molecule has 0 aliphatic carbocycles. The molecule has 0 saturated heterocycles. The highest BCUT2D eigenvalue weighted by Crippen LogP contribution is 2.27. The molecule has 2 atom stereocenters. The molecule has 0 aliphatic rings. The van der Waals surface area contributed by atoms with E-state index >= 15 is 0 Å². The van der Waals surface area contributed by atoms with Crippen LogP contribution in [0.15, 0.2) is 42.5 Å². The molecule has 0 radical (unpaired) electrons. The van der Waals surface area contributed by atoms with Crippen molar-refractivity contribution in [3.8, 4) is 11.5 Å². The van der Waals surface area contributed by atoms with E-state index in [0.717, 1.165) is 12.0 Å². The molecule has 1 N–H and O–H groups in total. The number of rotatable bonds is 11. The lowest BCUT2D eigenvalue weighted by molar-refractivity contribution is -0.143. The lowest BCUT2D eigenvalue weighted by Gasteiger charge is -2.31. The molecule has 0 heterocycles. The van der Waals surface area contributed by atoms with Gasteiger partial charge in [0, 0.05) is 12.6 Å². The summed E-state index contributed by atoms with van der Waals surface area (Å²) in [4.78, 5) is 27.7. The van der Waals surface area contributed by atoms with Crippen LogP contribution in [0.1, 0.15) is 39.2 Å². The van der Waals surface area contributed by atoms with Crippen molar-refractivity contribution in [3.05, 3.63) is 58.1 Å². The molecular weight excluding hydrogens is 451 g/mol. The molecule has 0 aromatic heterocycles. The predicted octanol–water partition coefficient (Wildman–Crippen LogP) is 5.10. The van der Waals surface area contributed by atoms with Crippen molar-refractivity contribution >= 4 is 35.0 Å². The number of nitrogens with one attached hydrogen (secondary N) is 1. The molecule has 0 fully saturated rings. The number of hydrogen-bond acceptors (Lipinski definition) is 4. The lowest BCUT2D eigenvalue weighted by atomic mass is 10.1. The van der Waals surface area contributed by atoms with Crippen LogP contribution in [0.2, 0.25) is 10.0 Å². The third kappa shape index (κ3) is 7.04. The lowest BCUT2D eigenvalue weighted by Crippen LogP contribution is -2.51. The molecule has 0 spiro atoms. The molecule has 2 aromatic rings.